The maximum absolute atomic E-state index is 5.24. The lowest BCUT2D eigenvalue weighted by Crippen LogP contribution is -1.95. The van der Waals surface area contributed by atoms with Crippen LogP contribution in [0.3, 0.4) is 0 Å². The molecule has 0 aliphatic rings. The van der Waals surface area contributed by atoms with Crippen LogP contribution >= 0.6 is 11.3 Å². The second-order valence-corrected chi connectivity index (χ2v) is 5.68. The average Bonchev–Trinajstić information content (AvgIpc) is 3.17. The van der Waals surface area contributed by atoms with E-state index in [4.69, 9.17) is 4.52 Å². The first kappa shape index (κ1) is 12.2. The molecule has 0 fully saturated rings. The zero-order valence-corrected chi connectivity index (χ0v) is 12.4. The SMILES string of the molecule is Cc1cc(-c2nn3c(-c4cnn(C)c4C)nnc3s2)on1. The standard InChI is InChI=1S/C12H11N7OS/c1-6-4-9(20-17-6)11-16-19-10(14-15-12(19)21-11)8-5-13-18(3)7(8)2/h4-5H,1-3H3. The number of nitrogens with zero attached hydrogens (tertiary/aromatic N) is 7. The second kappa shape index (κ2) is 4.22. The summed E-state index contributed by atoms with van der Waals surface area (Å²) in [6.45, 7) is 3.86. The van der Waals surface area contributed by atoms with Crippen LogP contribution in [0.5, 0.6) is 0 Å². The van der Waals surface area contributed by atoms with Gasteiger partial charge in [-0.05, 0) is 13.8 Å². The highest BCUT2D eigenvalue weighted by molar-refractivity contribution is 7.19. The molecule has 0 spiro atoms. The molecule has 106 valence electrons. The van der Waals surface area contributed by atoms with Gasteiger partial charge in [0.2, 0.25) is 4.96 Å². The molecule has 0 unspecified atom stereocenters. The predicted molar refractivity (Wildman–Crippen MR) is 75.8 cm³/mol. The molecule has 0 saturated heterocycles. The van der Waals surface area contributed by atoms with Crippen molar-refractivity contribution in [2.24, 2.45) is 7.05 Å². The van der Waals surface area contributed by atoms with Gasteiger partial charge < -0.3 is 4.52 Å². The molecule has 0 saturated carbocycles. The van der Waals surface area contributed by atoms with Gasteiger partial charge in [0.1, 0.15) is 0 Å². The summed E-state index contributed by atoms with van der Waals surface area (Å²) in [4.78, 5) is 0.706. The molecule has 0 radical (unpaired) electrons. The van der Waals surface area contributed by atoms with Crippen LogP contribution in [0, 0.1) is 13.8 Å². The summed E-state index contributed by atoms with van der Waals surface area (Å²) in [5.74, 6) is 1.31. The Kier molecular flexibility index (Phi) is 2.45. The molecule has 0 atom stereocenters. The number of hydrogen-bond donors (Lipinski definition) is 0. The minimum atomic E-state index is 0.636. The minimum Gasteiger partial charge on any atom is -0.353 e. The van der Waals surface area contributed by atoms with E-state index in [1.165, 1.54) is 11.3 Å². The zero-order chi connectivity index (χ0) is 14.6. The Bertz CT molecular complexity index is 944. The quantitative estimate of drug-likeness (QED) is 0.561. The summed E-state index contributed by atoms with van der Waals surface area (Å²) in [6, 6.07) is 1.85. The Hall–Kier alpha value is -2.55. The van der Waals surface area contributed by atoms with Crippen molar-refractivity contribution in [2.45, 2.75) is 13.8 Å². The van der Waals surface area contributed by atoms with Crippen LogP contribution in [-0.2, 0) is 7.05 Å². The largest absolute Gasteiger partial charge is 0.353 e. The molecule has 0 amide bonds. The van der Waals surface area contributed by atoms with Gasteiger partial charge in [0.05, 0.1) is 17.5 Å². The van der Waals surface area contributed by atoms with E-state index in [-0.39, 0.29) is 0 Å². The second-order valence-electron chi connectivity index (χ2n) is 4.73. The van der Waals surface area contributed by atoms with Crippen LogP contribution in [-0.4, -0.2) is 34.7 Å². The monoisotopic (exact) mass is 301 g/mol. The topological polar surface area (TPSA) is 86.9 Å². The van der Waals surface area contributed by atoms with Crippen LogP contribution in [0.4, 0.5) is 0 Å². The van der Waals surface area contributed by atoms with Gasteiger partial charge in [0.15, 0.2) is 16.6 Å². The Morgan fingerprint density at radius 3 is 2.76 bits per heavy atom. The van der Waals surface area contributed by atoms with Crippen molar-refractivity contribution < 1.29 is 4.52 Å². The number of aryl methyl sites for hydroxylation is 2. The van der Waals surface area contributed by atoms with Gasteiger partial charge in [-0.3, -0.25) is 4.68 Å². The summed E-state index contributed by atoms with van der Waals surface area (Å²) in [6.07, 6.45) is 1.77. The van der Waals surface area contributed by atoms with Gasteiger partial charge in [0.25, 0.3) is 0 Å². The van der Waals surface area contributed by atoms with E-state index in [0.29, 0.717) is 16.5 Å². The fourth-order valence-electron chi connectivity index (χ4n) is 2.07. The molecule has 0 aromatic carbocycles. The first-order valence-corrected chi connectivity index (χ1v) is 7.10. The lowest BCUT2D eigenvalue weighted by atomic mass is 10.2. The van der Waals surface area contributed by atoms with E-state index in [1.807, 2.05) is 27.0 Å². The Morgan fingerprint density at radius 2 is 2.10 bits per heavy atom. The molecule has 4 heterocycles. The molecule has 4 aromatic heterocycles. The van der Waals surface area contributed by atoms with Crippen LogP contribution in [0.1, 0.15) is 11.4 Å². The predicted octanol–water partition coefficient (Wildman–Crippen LogP) is 1.86. The normalized spacial score (nSPS) is 11.6. The highest BCUT2D eigenvalue weighted by Gasteiger charge is 2.19. The lowest BCUT2D eigenvalue weighted by molar-refractivity contribution is 0.426. The van der Waals surface area contributed by atoms with Crippen molar-refractivity contribution in [3.63, 3.8) is 0 Å². The molecule has 4 aromatic rings. The van der Waals surface area contributed by atoms with E-state index in [1.54, 1.807) is 15.4 Å². The van der Waals surface area contributed by atoms with Crippen molar-refractivity contribution in [1.82, 2.24) is 34.7 Å². The maximum atomic E-state index is 5.24. The summed E-state index contributed by atoms with van der Waals surface area (Å²) in [5, 5.41) is 21.7. The van der Waals surface area contributed by atoms with Gasteiger partial charge in [-0.15, -0.1) is 15.3 Å². The number of fused-ring (bicyclic) bond motifs is 1. The molecular weight excluding hydrogens is 290 g/mol. The first-order valence-electron chi connectivity index (χ1n) is 6.28. The number of rotatable bonds is 2. The first-order chi connectivity index (χ1) is 10.1. The summed E-state index contributed by atoms with van der Waals surface area (Å²) in [7, 11) is 1.89. The third-order valence-corrected chi connectivity index (χ3v) is 4.22. The smallest absolute Gasteiger partial charge is 0.235 e. The van der Waals surface area contributed by atoms with E-state index >= 15 is 0 Å². The Balaban J connectivity index is 1.88. The van der Waals surface area contributed by atoms with Crippen LogP contribution in [0.2, 0.25) is 0 Å². The molecule has 0 N–H and O–H groups in total. The molecule has 0 bridgehead atoms. The van der Waals surface area contributed by atoms with E-state index in [9.17, 15) is 0 Å². The lowest BCUT2D eigenvalue weighted by Gasteiger charge is -1.96. The van der Waals surface area contributed by atoms with Crippen molar-refractivity contribution in [3.05, 3.63) is 23.7 Å². The average molecular weight is 301 g/mol. The van der Waals surface area contributed by atoms with Crippen LogP contribution in [0.15, 0.2) is 16.8 Å². The van der Waals surface area contributed by atoms with E-state index < -0.39 is 0 Å². The van der Waals surface area contributed by atoms with E-state index in [2.05, 4.69) is 25.6 Å². The molecule has 0 aliphatic carbocycles. The van der Waals surface area contributed by atoms with Gasteiger partial charge in [-0.25, -0.2) is 0 Å². The fourth-order valence-corrected chi connectivity index (χ4v) is 2.85. The summed E-state index contributed by atoms with van der Waals surface area (Å²) < 4.78 is 8.75. The molecule has 4 rings (SSSR count). The van der Waals surface area contributed by atoms with Crippen molar-refractivity contribution >= 4 is 16.3 Å². The van der Waals surface area contributed by atoms with Crippen LogP contribution in [0.25, 0.3) is 27.1 Å². The molecule has 9 heteroatoms. The highest BCUT2D eigenvalue weighted by atomic mass is 32.1. The van der Waals surface area contributed by atoms with Crippen molar-refractivity contribution in [3.8, 4) is 22.2 Å². The minimum absolute atomic E-state index is 0.636. The molecular formula is C12H11N7OS. The van der Waals surface area contributed by atoms with Crippen molar-refractivity contribution in [2.75, 3.05) is 0 Å². The molecule has 21 heavy (non-hydrogen) atoms. The van der Waals surface area contributed by atoms with Gasteiger partial charge in [0, 0.05) is 18.8 Å². The third-order valence-electron chi connectivity index (χ3n) is 3.31. The third kappa shape index (κ3) is 1.77. The van der Waals surface area contributed by atoms with Gasteiger partial charge in [-0.1, -0.05) is 16.5 Å². The van der Waals surface area contributed by atoms with Gasteiger partial charge >= 0.3 is 0 Å². The summed E-state index contributed by atoms with van der Waals surface area (Å²) >= 11 is 1.41. The number of aromatic nitrogens is 7. The molecule has 0 aliphatic heterocycles. The Labute approximate surface area is 123 Å². The molecule has 8 nitrogen and oxygen atoms in total. The number of hydrogen-bond acceptors (Lipinski definition) is 7. The van der Waals surface area contributed by atoms with Crippen molar-refractivity contribution in [1.29, 1.82) is 0 Å². The fraction of sp³-hybridized carbons (Fsp3) is 0.250. The van der Waals surface area contributed by atoms with E-state index in [0.717, 1.165) is 22.0 Å². The maximum Gasteiger partial charge on any atom is 0.235 e. The highest BCUT2D eigenvalue weighted by Crippen LogP contribution is 2.29. The summed E-state index contributed by atoms with van der Waals surface area (Å²) in [5.41, 5.74) is 2.74. The van der Waals surface area contributed by atoms with Crippen LogP contribution < -0.4 is 0 Å². The zero-order valence-electron chi connectivity index (χ0n) is 11.6. The Morgan fingerprint density at radius 1 is 1.24 bits per heavy atom. The van der Waals surface area contributed by atoms with Gasteiger partial charge in [-0.2, -0.15) is 9.61 Å².